The highest BCUT2D eigenvalue weighted by Crippen LogP contribution is 2.51. The predicted octanol–water partition coefficient (Wildman–Crippen LogP) is 2.35. The molecule has 1 aromatic carbocycles. The molecule has 1 fully saturated rings. The Morgan fingerprint density at radius 3 is 2.81 bits per heavy atom. The van der Waals surface area contributed by atoms with Crippen LogP contribution in [0.25, 0.3) is 0 Å². The fourth-order valence-electron chi connectivity index (χ4n) is 3.78. The van der Waals surface area contributed by atoms with Crippen LogP contribution in [0, 0.1) is 0 Å². The third-order valence-corrected chi connectivity index (χ3v) is 4.72. The predicted molar refractivity (Wildman–Crippen MR) is 88.6 cm³/mol. The number of hydrogen-bond acceptors (Lipinski definition) is 4. The summed E-state index contributed by atoms with van der Waals surface area (Å²) < 4.78 is 5.26. The SMILES string of the molecule is Br.CNC(=O)Oc1ccc2c(c1)C1(C)CCN(C)C1N2C. The van der Waals surface area contributed by atoms with Crippen LogP contribution in [0.1, 0.15) is 18.9 Å². The van der Waals surface area contributed by atoms with Gasteiger partial charge in [-0.05, 0) is 37.2 Å². The summed E-state index contributed by atoms with van der Waals surface area (Å²) in [6.07, 6.45) is 1.07. The zero-order chi connectivity index (χ0) is 14.5. The van der Waals surface area contributed by atoms with E-state index in [9.17, 15) is 4.79 Å². The fraction of sp³-hybridized carbons (Fsp3) is 0.533. The molecule has 5 nitrogen and oxygen atoms in total. The Morgan fingerprint density at radius 1 is 1.43 bits per heavy atom. The maximum atomic E-state index is 11.4. The summed E-state index contributed by atoms with van der Waals surface area (Å²) in [7, 11) is 5.86. The molecule has 1 N–H and O–H groups in total. The van der Waals surface area contributed by atoms with Crippen LogP contribution in [-0.2, 0) is 5.41 Å². The van der Waals surface area contributed by atoms with Crippen LogP contribution in [0.4, 0.5) is 10.5 Å². The minimum absolute atomic E-state index is 0. The summed E-state index contributed by atoms with van der Waals surface area (Å²) in [5.41, 5.74) is 2.60. The average Bonchev–Trinajstić information content (AvgIpc) is 2.85. The van der Waals surface area contributed by atoms with Crippen molar-refractivity contribution in [3.8, 4) is 5.75 Å². The second-order valence-corrected chi connectivity index (χ2v) is 5.95. The largest absolute Gasteiger partial charge is 0.412 e. The van der Waals surface area contributed by atoms with Crippen molar-refractivity contribution in [2.45, 2.75) is 24.9 Å². The summed E-state index contributed by atoms with van der Waals surface area (Å²) in [6, 6.07) is 5.92. The first-order valence-corrected chi connectivity index (χ1v) is 6.94. The van der Waals surface area contributed by atoms with Crippen molar-refractivity contribution in [1.82, 2.24) is 10.2 Å². The van der Waals surface area contributed by atoms with Gasteiger partial charge in [-0.2, -0.15) is 0 Å². The minimum atomic E-state index is -0.429. The number of rotatable bonds is 1. The van der Waals surface area contributed by atoms with Crippen molar-refractivity contribution in [3.05, 3.63) is 23.8 Å². The third-order valence-electron chi connectivity index (χ3n) is 4.72. The van der Waals surface area contributed by atoms with E-state index in [0.717, 1.165) is 13.0 Å². The van der Waals surface area contributed by atoms with E-state index in [1.807, 2.05) is 18.2 Å². The molecule has 116 valence electrons. The monoisotopic (exact) mass is 355 g/mol. The zero-order valence-electron chi connectivity index (χ0n) is 12.8. The number of amides is 1. The van der Waals surface area contributed by atoms with Gasteiger partial charge in [-0.25, -0.2) is 4.79 Å². The van der Waals surface area contributed by atoms with Crippen LogP contribution in [0.5, 0.6) is 5.75 Å². The molecule has 2 aliphatic rings. The van der Waals surface area contributed by atoms with E-state index >= 15 is 0 Å². The number of likely N-dealkylation sites (tertiary alicyclic amines) is 1. The molecular weight excluding hydrogens is 334 g/mol. The molecule has 1 aromatic rings. The Hall–Kier alpha value is -1.27. The Labute approximate surface area is 136 Å². The number of carbonyl (C=O) groups excluding carboxylic acids is 1. The lowest BCUT2D eigenvalue weighted by atomic mass is 9.81. The molecule has 6 heteroatoms. The molecule has 2 heterocycles. The molecule has 3 rings (SSSR count). The Morgan fingerprint density at radius 2 is 2.14 bits per heavy atom. The van der Waals surface area contributed by atoms with Crippen molar-refractivity contribution in [3.63, 3.8) is 0 Å². The van der Waals surface area contributed by atoms with Crippen molar-refractivity contribution < 1.29 is 9.53 Å². The highest BCUT2D eigenvalue weighted by molar-refractivity contribution is 8.93. The molecular formula is C15H22BrN3O2. The lowest BCUT2D eigenvalue weighted by Gasteiger charge is -2.32. The van der Waals surface area contributed by atoms with E-state index in [4.69, 9.17) is 4.74 Å². The van der Waals surface area contributed by atoms with Gasteiger partial charge in [-0.15, -0.1) is 17.0 Å². The van der Waals surface area contributed by atoms with Crippen LogP contribution in [0.3, 0.4) is 0 Å². The molecule has 2 aliphatic heterocycles. The minimum Gasteiger partial charge on any atom is -0.410 e. The maximum Gasteiger partial charge on any atom is 0.412 e. The van der Waals surface area contributed by atoms with Gasteiger partial charge in [0.1, 0.15) is 5.75 Å². The number of nitrogens with zero attached hydrogens (tertiary/aromatic N) is 2. The van der Waals surface area contributed by atoms with Gasteiger partial charge < -0.3 is 15.0 Å². The Kier molecular flexibility index (Phi) is 4.22. The topological polar surface area (TPSA) is 44.8 Å². The molecule has 2 atom stereocenters. The highest BCUT2D eigenvalue weighted by atomic mass is 79.9. The second kappa shape index (κ2) is 5.50. The van der Waals surface area contributed by atoms with Gasteiger partial charge in [0.15, 0.2) is 0 Å². The van der Waals surface area contributed by atoms with Gasteiger partial charge in [0.05, 0.1) is 6.17 Å². The van der Waals surface area contributed by atoms with Gasteiger partial charge in [-0.1, -0.05) is 6.92 Å². The first-order chi connectivity index (χ1) is 9.47. The summed E-state index contributed by atoms with van der Waals surface area (Å²) in [4.78, 5) is 16.1. The summed E-state index contributed by atoms with van der Waals surface area (Å²) >= 11 is 0. The van der Waals surface area contributed by atoms with E-state index in [1.54, 1.807) is 7.05 Å². The van der Waals surface area contributed by atoms with Gasteiger partial charge in [0.2, 0.25) is 0 Å². The number of ether oxygens (including phenoxy) is 1. The molecule has 0 bridgehead atoms. The molecule has 1 amide bonds. The molecule has 0 spiro atoms. The normalized spacial score (nSPS) is 26.9. The Balaban J connectivity index is 0.00000161. The van der Waals surface area contributed by atoms with Gasteiger partial charge in [-0.3, -0.25) is 4.90 Å². The van der Waals surface area contributed by atoms with Gasteiger partial charge >= 0.3 is 6.09 Å². The van der Waals surface area contributed by atoms with Crippen LogP contribution in [0.2, 0.25) is 0 Å². The number of nitrogens with one attached hydrogen (secondary N) is 1. The average molecular weight is 356 g/mol. The fourth-order valence-corrected chi connectivity index (χ4v) is 3.78. The van der Waals surface area contributed by atoms with Crippen molar-refractivity contribution in [1.29, 1.82) is 0 Å². The van der Waals surface area contributed by atoms with Crippen LogP contribution in [-0.4, -0.2) is 44.8 Å². The summed E-state index contributed by atoms with van der Waals surface area (Å²) in [5, 5.41) is 2.47. The number of carbonyl (C=O) groups is 1. The van der Waals surface area contributed by atoms with Crippen molar-refractivity contribution in [2.75, 3.05) is 32.6 Å². The third kappa shape index (κ3) is 2.30. The van der Waals surface area contributed by atoms with Crippen LogP contribution >= 0.6 is 17.0 Å². The van der Waals surface area contributed by atoms with E-state index in [2.05, 4.69) is 36.1 Å². The number of fused-ring (bicyclic) bond motifs is 3. The van der Waals surface area contributed by atoms with E-state index < -0.39 is 6.09 Å². The van der Waals surface area contributed by atoms with E-state index in [-0.39, 0.29) is 22.4 Å². The number of hydrogen-bond donors (Lipinski definition) is 1. The standard InChI is InChI=1S/C15H21N3O2.BrH/c1-15-7-8-17(3)13(15)18(4)12-6-5-10(9-11(12)15)20-14(19)16-2;/h5-6,9,13H,7-8H2,1-4H3,(H,16,19);1H. The lowest BCUT2D eigenvalue weighted by molar-refractivity contribution is 0.203. The molecule has 0 saturated carbocycles. The van der Waals surface area contributed by atoms with Gasteiger partial charge in [0.25, 0.3) is 0 Å². The number of anilines is 1. The first kappa shape index (κ1) is 16.1. The smallest absolute Gasteiger partial charge is 0.410 e. The number of benzene rings is 1. The number of likely N-dealkylation sites (N-methyl/N-ethyl adjacent to an activating group) is 2. The number of halogens is 1. The van der Waals surface area contributed by atoms with Gasteiger partial charge in [0, 0.05) is 31.7 Å². The first-order valence-electron chi connectivity index (χ1n) is 6.94. The van der Waals surface area contributed by atoms with E-state index in [1.165, 1.54) is 11.3 Å². The zero-order valence-corrected chi connectivity index (χ0v) is 14.6. The lowest BCUT2D eigenvalue weighted by Crippen LogP contribution is -2.45. The molecule has 1 saturated heterocycles. The van der Waals surface area contributed by atoms with Crippen LogP contribution < -0.4 is 15.0 Å². The summed E-state index contributed by atoms with van der Waals surface area (Å²) in [5.74, 6) is 0.605. The molecule has 21 heavy (non-hydrogen) atoms. The maximum absolute atomic E-state index is 11.4. The Bertz CT molecular complexity index is 566. The molecule has 0 radical (unpaired) electrons. The quantitative estimate of drug-likeness (QED) is 0.839. The molecule has 2 unspecified atom stereocenters. The van der Waals surface area contributed by atoms with E-state index in [0.29, 0.717) is 11.9 Å². The second-order valence-electron chi connectivity index (χ2n) is 5.95. The van der Waals surface area contributed by atoms with Crippen LogP contribution in [0.15, 0.2) is 18.2 Å². The highest BCUT2D eigenvalue weighted by Gasteiger charge is 2.52. The van der Waals surface area contributed by atoms with Crippen molar-refractivity contribution in [2.24, 2.45) is 0 Å². The summed E-state index contributed by atoms with van der Waals surface area (Å²) in [6.45, 7) is 3.39. The molecule has 0 aromatic heterocycles. The van der Waals surface area contributed by atoms with Crippen molar-refractivity contribution >= 4 is 28.8 Å². The molecule has 0 aliphatic carbocycles.